The Hall–Kier alpha value is -3.98. The molecular weight excluding hydrogens is 593 g/mol. The van der Waals surface area contributed by atoms with Gasteiger partial charge in [-0.15, -0.1) is 0 Å². The number of ketones is 2. The van der Waals surface area contributed by atoms with Crippen molar-refractivity contribution in [3.05, 3.63) is 128 Å². The van der Waals surface area contributed by atoms with Gasteiger partial charge < -0.3 is 0 Å². The molecule has 0 N–H and O–H groups in total. The number of allylic oxidation sites excluding steroid dienone is 1. The number of para-hydroxylation sites is 2. The number of rotatable bonds is 4. The molecule has 2 heterocycles. The second kappa shape index (κ2) is 10.0. The molecule has 0 spiro atoms. The third kappa shape index (κ3) is 4.23. The van der Waals surface area contributed by atoms with E-state index in [0.29, 0.717) is 11.1 Å². The van der Waals surface area contributed by atoms with Gasteiger partial charge in [0.2, 0.25) is 0 Å². The second-order valence-electron chi connectivity index (χ2n) is 12.9. The zero-order chi connectivity index (χ0) is 30.2. The van der Waals surface area contributed by atoms with E-state index in [1.807, 2.05) is 18.2 Å². The molecule has 43 heavy (non-hydrogen) atoms. The molecule has 0 saturated heterocycles. The Morgan fingerprint density at radius 1 is 0.698 bits per heavy atom. The molecule has 0 radical (unpaired) electrons. The van der Waals surface area contributed by atoms with Crippen LogP contribution in [-0.2, 0) is 5.41 Å². The quantitative estimate of drug-likeness (QED) is 0.113. The van der Waals surface area contributed by atoms with Crippen LogP contribution >= 0.6 is 0 Å². The Kier molecular flexibility index (Phi) is 6.50. The van der Waals surface area contributed by atoms with Gasteiger partial charge in [-0.1, -0.05) is 50.2 Å². The van der Waals surface area contributed by atoms with Crippen molar-refractivity contribution < 1.29 is 9.59 Å². The van der Waals surface area contributed by atoms with E-state index in [4.69, 9.17) is 0 Å². The van der Waals surface area contributed by atoms with Gasteiger partial charge in [-0.05, 0) is 23.3 Å². The molecule has 3 nitrogen and oxygen atoms in total. The summed E-state index contributed by atoms with van der Waals surface area (Å²) in [6.07, 6.45) is 1.86. The van der Waals surface area contributed by atoms with Gasteiger partial charge in [0.05, 0.1) is 0 Å². The van der Waals surface area contributed by atoms with Crippen LogP contribution in [-0.4, -0.2) is 26.1 Å². The minimum absolute atomic E-state index is 0.137. The van der Waals surface area contributed by atoms with E-state index < -0.39 is 0 Å². The van der Waals surface area contributed by atoms with Gasteiger partial charge in [0, 0.05) is 5.41 Å². The summed E-state index contributed by atoms with van der Waals surface area (Å²) in [5.41, 5.74) is 10.6. The van der Waals surface area contributed by atoms with Crippen LogP contribution in [0.5, 0.6) is 0 Å². The fraction of sp³-hybridized carbons (Fsp3) is 0.231. The van der Waals surface area contributed by atoms with Crippen molar-refractivity contribution in [2.45, 2.75) is 58.8 Å². The first kappa shape index (κ1) is 27.8. The first-order chi connectivity index (χ1) is 20.6. The fourth-order valence-corrected chi connectivity index (χ4v) is 8.61. The number of hydrogen-bond donors (Lipinski definition) is 0. The van der Waals surface area contributed by atoms with Crippen molar-refractivity contribution in [3.63, 3.8) is 0 Å². The van der Waals surface area contributed by atoms with Crippen molar-refractivity contribution in [1.82, 2.24) is 0 Å². The number of fused-ring (bicyclic) bond motifs is 4. The number of benzene rings is 4. The van der Waals surface area contributed by atoms with Crippen LogP contribution in [0.3, 0.4) is 0 Å². The second-order valence-corrected chi connectivity index (χ2v) is 14.9. The number of nitrogens with zero attached hydrogens (tertiary/aromatic N) is 1. The van der Waals surface area contributed by atoms with E-state index in [0.717, 1.165) is 22.2 Å². The zero-order valence-electron chi connectivity index (χ0n) is 25.5. The van der Waals surface area contributed by atoms with Crippen LogP contribution in [0.25, 0.3) is 15.7 Å². The van der Waals surface area contributed by atoms with E-state index in [1.165, 1.54) is 32.3 Å². The average Bonchev–Trinajstić information content (AvgIpc) is 3.54. The van der Waals surface area contributed by atoms with Crippen molar-refractivity contribution in [2.24, 2.45) is 0 Å². The predicted octanol–water partition coefficient (Wildman–Crippen LogP) is 9.72. The topological polar surface area (TPSA) is 37.4 Å². The van der Waals surface area contributed by atoms with Crippen LogP contribution in [0.15, 0.2) is 89.4 Å². The average molecular weight is 629 g/mol. The molecule has 1 aromatic heterocycles. The van der Waals surface area contributed by atoms with Crippen LogP contribution in [0.4, 0.5) is 17.1 Å². The molecule has 4 aromatic carbocycles. The molecule has 0 amide bonds. The maximum atomic E-state index is 13.7. The molecule has 0 bridgehead atoms. The molecule has 0 unspecified atom stereocenters. The summed E-state index contributed by atoms with van der Waals surface area (Å²) in [5.74, 6) is 0.0778. The molecule has 0 fully saturated rings. The van der Waals surface area contributed by atoms with Crippen molar-refractivity contribution in [1.29, 1.82) is 0 Å². The number of carbonyl (C=O) groups excluding carboxylic acids is 2. The molecule has 5 aromatic rings. The SMILES string of the molecule is CC(C)c1cc(N2c3ccccc3C(C)(C)c3ccccc32)c(C(C)C)cc1/C=C1/C(=O)c2cc3cc[se]c3cc2C1=O. The summed E-state index contributed by atoms with van der Waals surface area (Å²) in [7, 11) is 0. The van der Waals surface area contributed by atoms with E-state index >= 15 is 0 Å². The molecule has 0 atom stereocenters. The molecule has 4 heteroatoms. The molecule has 0 saturated carbocycles. The monoisotopic (exact) mass is 629 g/mol. The molecule has 7 rings (SSSR count). The van der Waals surface area contributed by atoms with Crippen LogP contribution in [0.1, 0.15) is 102 Å². The van der Waals surface area contributed by atoms with Crippen molar-refractivity contribution in [2.75, 3.05) is 4.90 Å². The van der Waals surface area contributed by atoms with Crippen LogP contribution < -0.4 is 4.90 Å². The molecule has 1 aliphatic heterocycles. The summed E-state index contributed by atoms with van der Waals surface area (Å²) in [6.45, 7) is 13.4. The van der Waals surface area contributed by atoms with Crippen LogP contribution in [0.2, 0.25) is 0 Å². The van der Waals surface area contributed by atoms with E-state index in [1.54, 1.807) is 0 Å². The standard InChI is InChI=1S/C39H35NO2Se/c1-22(2)26-20-35(40-33-13-9-7-11-31(33)39(5,6)32-12-8-10-14-34(32)40)27(23(3)4)18-25(26)19-30-37(41)28-17-24-15-16-43-36(24)21-29(28)38(30)42/h7-23H,1-6H3/b30-19-. The van der Waals surface area contributed by atoms with Gasteiger partial charge in [0.1, 0.15) is 0 Å². The Balaban J connectivity index is 1.43. The van der Waals surface area contributed by atoms with Gasteiger partial charge >= 0.3 is 182 Å². The van der Waals surface area contributed by atoms with Gasteiger partial charge in [-0.2, -0.15) is 0 Å². The molecule has 214 valence electrons. The summed E-state index contributed by atoms with van der Waals surface area (Å²) < 4.78 is 1.17. The predicted molar refractivity (Wildman–Crippen MR) is 179 cm³/mol. The van der Waals surface area contributed by atoms with Crippen molar-refractivity contribution in [3.8, 4) is 0 Å². The Morgan fingerprint density at radius 3 is 1.88 bits per heavy atom. The van der Waals surface area contributed by atoms with Crippen LogP contribution in [0, 0.1) is 0 Å². The third-order valence-corrected chi connectivity index (χ3v) is 11.1. The van der Waals surface area contributed by atoms with E-state index in [9.17, 15) is 9.59 Å². The zero-order valence-corrected chi connectivity index (χ0v) is 27.2. The van der Waals surface area contributed by atoms with Crippen molar-refractivity contribution >= 4 is 58.9 Å². The first-order valence-corrected chi connectivity index (χ1v) is 16.9. The maximum absolute atomic E-state index is 13.7. The Morgan fingerprint density at radius 2 is 1.28 bits per heavy atom. The first-order valence-electron chi connectivity index (χ1n) is 15.1. The van der Waals surface area contributed by atoms with E-state index in [-0.39, 0.29) is 48.9 Å². The number of Topliss-reactive ketones (excluding diaryl/α,β-unsaturated/α-hetero) is 2. The molecular formula is C39H35NO2Se. The van der Waals surface area contributed by atoms with Gasteiger partial charge in [-0.3, -0.25) is 0 Å². The van der Waals surface area contributed by atoms with Gasteiger partial charge in [0.25, 0.3) is 0 Å². The summed E-state index contributed by atoms with van der Waals surface area (Å²) in [4.78, 5) is 31.9. The van der Waals surface area contributed by atoms with Gasteiger partial charge in [0.15, 0.2) is 0 Å². The molecule has 2 aliphatic rings. The Bertz CT molecular complexity index is 1900. The van der Waals surface area contributed by atoms with Gasteiger partial charge in [-0.25, -0.2) is 0 Å². The fourth-order valence-electron chi connectivity index (χ4n) is 6.91. The summed E-state index contributed by atoms with van der Waals surface area (Å²) in [6, 6.07) is 27.9. The molecule has 1 aliphatic carbocycles. The number of hydrogen-bond acceptors (Lipinski definition) is 3. The normalized spacial score (nSPS) is 16.4. The Labute approximate surface area is 259 Å². The summed E-state index contributed by atoms with van der Waals surface area (Å²) >= 11 is 0.216. The third-order valence-electron chi connectivity index (χ3n) is 9.22. The number of carbonyl (C=O) groups is 2. The number of anilines is 3. The minimum atomic E-state index is -0.165. The van der Waals surface area contributed by atoms with E-state index in [2.05, 4.69) is 118 Å². The summed E-state index contributed by atoms with van der Waals surface area (Å²) in [5, 5.41) is 1.07.